The number of benzene rings is 1. The van der Waals surface area contributed by atoms with Crippen molar-refractivity contribution in [2.45, 2.75) is 39.2 Å². The van der Waals surface area contributed by atoms with E-state index < -0.39 is 0 Å². The molecular weight excluding hydrogens is 254 g/mol. The maximum Gasteiger partial charge on any atom is 0.240 e. The van der Waals surface area contributed by atoms with Crippen LogP contribution in [0.4, 0.5) is 5.69 Å². The number of hydrogen-bond donors (Lipinski definition) is 0. The first-order valence-corrected chi connectivity index (χ1v) is 7.13. The molecule has 2 saturated heterocycles. The number of carbonyl (C=O) groups is 2. The van der Waals surface area contributed by atoms with Crippen LogP contribution < -0.4 is 4.90 Å². The van der Waals surface area contributed by atoms with Gasteiger partial charge in [0, 0.05) is 13.0 Å². The van der Waals surface area contributed by atoms with E-state index in [-0.39, 0.29) is 30.3 Å². The highest BCUT2D eigenvalue weighted by atomic mass is 16.5. The van der Waals surface area contributed by atoms with Gasteiger partial charge in [-0.15, -0.1) is 0 Å². The smallest absolute Gasteiger partial charge is 0.240 e. The number of hydrogen-bond acceptors (Lipinski definition) is 3. The maximum absolute atomic E-state index is 12.6. The molecule has 20 heavy (non-hydrogen) atoms. The Labute approximate surface area is 118 Å². The highest BCUT2D eigenvalue weighted by Crippen LogP contribution is 2.34. The highest BCUT2D eigenvalue weighted by molar-refractivity contribution is 6.21. The van der Waals surface area contributed by atoms with E-state index in [0.717, 1.165) is 29.7 Å². The number of nitrogens with zero attached hydrogens (tertiary/aromatic N) is 1. The zero-order valence-electron chi connectivity index (χ0n) is 11.9. The molecule has 4 nitrogen and oxygen atoms in total. The Morgan fingerprint density at radius 1 is 1.25 bits per heavy atom. The van der Waals surface area contributed by atoms with Crippen LogP contribution in [0.5, 0.6) is 0 Å². The second-order valence-corrected chi connectivity index (χ2v) is 5.72. The summed E-state index contributed by atoms with van der Waals surface area (Å²) in [5.41, 5.74) is 2.72. The highest BCUT2D eigenvalue weighted by Gasteiger charge is 2.45. The Hall–Kier alpha value is -1.68. The Morgan fingerprint density at radius 2 is 2.05 bits per heavy atom. The molecule has 0 N–H and O–H groups in total. The third kappa shape index (κ3) is 2.14. The third-order valence-corrected chi connectivity index (χ3v) is 4.20. The van der Waals surface area contributed by atoms with E-state index in [1.165, 1.54) is 4.90 Å². The lowest BCUT2D eigenvalue weighted by molar-refractivity contribution is -0.124. The summed E-state index contributed by atoms with van der Waals surface area (Å²) < 4.78 is 5.59. The summed E-state index contributed by atoms with van der Waals surface area (Å²) in [5, 5.41) is 0. The van der Waals surface area contributed by atoms with Crippen molar-refractivity contribution in [3.05, 3.63) is 29.3 Å². The quantitative estimate of drug-likeness (QED) is 0.777. The van der Waals surface area contributed by atoms with E-state index in [1.807, 2.05) is 32.0 Å². The van der Waals surface area contributed by atoms with E-state index in [1.54, 1.807) is 0 Å². The topological polar surface area (TPSA) is 46.6 Å². The van der Waals surface area contributed by atoms with Gasteiger partial charge in [0.1, 0.15) is 0 Å². The minimum Gasteiger partial charge on any atom is -0.377 e. The Morgan fingerprint density at radius 3 is 2.75 bits per heavy atom. The Bertz CT molecular complexity index is 561. The van der Waals surface area contributed by atoms with Crippen LogP contribution in [0.1, 0.15) is 30.4 Å². The maximum atomic E-state index is 12.6. The molecule has 106 valence electrons. The number of imide groups is 1. The van der Waals surface area contributed by atoms with E-state index >= 15 is 0 Å². The van der Waals surface area contributed by atoms with Crippen molar-refractivity contribution in [1.82, 2.24) is 0 Å². The van der Waals surface area contributed by atoms with Gasteiger partial charge in [0.2, 0.25) is 11.8 Å². The van der Waals surface area contributed by atoms with E-state index in [4.69, 9.17) is 4.74 Å². The minimum absolute atomic E-state index is 0.0819. The van der Waals surface area contributed by atoms with Crippen molar-refractivity contribution >= 4 is 17.5 Å². The van der Waals surface area contributed by atoms with Gasteiger partial charge in [-0.2, -0.15) is 0 Å². The summed E-state index contributed by atoms with van der Waals surface area (Å²) >= 11 is 0. The zero-order valence-corrected chi connectivity index (χ0v) is 11.9. The van der Waals surface area contributed by atoms with E-state index in [0.29, 0.717) is 6.61 Å². The lowest BCUT2D eigenvalue weighted by Gasteiger charge is -2.19. The average Bonchev–Trinajstić information content (AvgIpc) is 3.02. The number of aryl methyl sites for hydroxylation is 2. The molecule has 0 unspecified atom stereocenters. The molecule has 0 saturated carbocycles. The van der Waals surface area contributed by atoms with Gasteiger partial charge in [-0.1, -0.05) is 12.1 Å². The molecule has 4 heteroatoms. The van der Waals surface area contributed by atoms with Gasteiger partial charge in [-0.05, 0) is 43.9 Å². The predicted molar refractivity (Wildman–Crippen MR) is 75.5 cm³/mol. The van der Waals surface area contributed by atoms with Crippen LogP contribution in [0.25, 0.3) is 0 Å². The molecule has 0 aliphatic carbocycles. The van der Waals surface area contributed by atoms with E-state index in [2.05, 4.69) is 0 Å². The largest absolute Gasteiger partial charge is 0.377 e. The normalized spacial score (nSPS) is 26.6. The fraction of sp³-hybridized carbons (Fsp3) is 0.500. The van der Waals surface area contributed by atoms with Gasteiger partial charge in [-0.25, -0.2) is 4.90 Å². The second kappa shape index (κ2) is 5.02. The van der Waals surface area contributed by atoms with Crippen LogP contribution in [0.3, 0.4) is 0 Å². The number of carbonyl (C=O) groups excluding carboxylic acids is 2. The molecule has 2 fully saturated rings. The van der Waals surface area contributed by atoms with Crippen LogP contribution in [-0.2, 0) is 14.3 Å². The van der Waals surface area contributed by atoms with Crippen LogP contribution in [-0.4, -0.2) is 24.5 Å². The van der Waals surface area contributed by atoms with E-state index in [9.17, 15) is 9.59 Å². The molecular formula is C16H19NO3. The van der Waals surface area contributed by atoms with Gasteiger partial charge < -0.3 is 4.74 Å². The summed E-state index contributed by atoms with van der Waals surface area (Å²) in [6.07, 6.45) is 2.05. The van der Waals surface area contributed by atoms with Crippen molar-refractivity contribution < 1.29 is 14.3 Å². The predicted octanol–water partition coefficient (Wildman–Crippen LogP) is 2.36. The molecule has 1 aromatic rings. The molecule has 2 aliphatic rings. The fourth-order valence-corrected chi connectivity index (χ4v) is 3.08. The average molecular weight is 273 g/mol. The monoisotopic (exact) mass is 273 g/mol. The number of anilines is 1. The van der Waals surface area contributed by atoms with Crippen molar-refractivity contribution in [2.75, 3.05) is 11.5 Å². The molecule has 3 rings (SSSR count). The van der Waals surface area contributed by atoms with Gasteiger partial charge in [0.15, 0.2) is 0 Å². The third-order valence-electron chi connectivity index (χ3n) is 4.20. The number of rotatable bonds is 2. The Kier molecular flexibility index (Phi) is 3.34. The molecule has 0 spiro atoms. The lowest BCUT2D eigenvalue weighted by Crippen LogP contribution is -2.34. The first kappa shape index (κ1) is 13.3. The summed E-state index contributed by atoms with van der Waals surface area (Å²) in [5.74, 6) is -0.510. The standard InChI is InChI=1S/C16H19NO3/c1-10-5-6-11(2)13(8-10)17-15(18)9-12(16(17)19)14-4-3-7-20-14/h5-6,8,12,14H,3-4,7,9H2,1-2H3/t12-,14+/m1/s1. The van der Waals surface area contributed by atoms with Gasteiger partial charge in [0.05, 0.1) is 17.7 Å². The molecule has 2 amide bonds. The number of amides is 2. The van der Waals surface area contributed by atoms with Crippen molar-refractivity contribution in [1.29, 1.82) is 0 Å². The van der Waals surface area contributed by atoms with Crippen LogP contribution in [0.15, 0.2) is 18.2 Å². The molecule has 0 bridgehead atoms. The van der Waals surface area contributed by atoms with Gasteiger partial charge in [-0.3, -0.25) is 9.59 Å². The Balaban J connectivity index is 1.92. The van der Waals surface area contributed by atoms with Crippen molar-refractivity contribution in [2.24, 2.45) is 5.92 Å². The van der Waals surface area contributed by atoms with Crippen LogP contribution in [0, 0.1) is 19.8 Å². The van der Waals surface area contributed by atoms with Gasteiger partial charge >= 0.3 is 0 Å². The summed E-state index contributed by atoms with van der Waals surface area (Å²) in [4.78, 5) is 26.2. The summed E-state index contributed by atoms with van der Waals surface area (Å²) in [7, 11) is 0. The first-order valence-electron chi connectivity index (χ1n) is 7.13. The van der Waals surface area contributed by atoms with Crippen molar-refractivity contribution in [3.8, 4) is 0 Å². The fourth-order valence-electron chi connectivity index (χ4n) is 3.08. The number of ether oxygens (including phenoxy) is 1. The minimum atomic E-state index is -0.301. The SMILES string of the molecule is Cc1ccc(C)c(N2C(=O)C[C@H]([C@@H]3CCCO3)C2=O)c1. The summed E-state index contributed by atoms with van der Waals surface area (Å²) in [6, 6.07) is 5.84. The molecule has 2 atom stereocenters. The lowest BCUT2D eigenvalue weighted by atomic mass is 9.98. The van der Waals surface area contributed by atoms with Crippen molar-refractivity contribution in [3.63, 3.8) is 0 Å². The summed E-state index contributed by atoms with van der Waals surface area (Å²) in [6.45, 7) is 4.59. The molecule has 2 aliphatic heterocycles. The zero-order chi connectivity index (χ0) is 14.3. The van der Waals surface area contributed by atoms with Gasteiger partial charge in [0.25, 0.3) is 0 Å². The molecule has 2 heterocycles. The molecule has 0 aromatic heterocycles. The van der Waals surface area contributed by atoms with Crippen LogP contribution in [0.2, 0.25) is 0 Å². The second-order valence-electron chi connectivity index (χ2n) is 5.72. The molecule has 0 radical (unpaired) electrons. The van der Waals surface area contributed by atoms with Crippen LogP contribution >= 0.6 is 0 Å². The first-order chi connectivity index (χ1) is 9.58. The molecule has 1 aromatic carbocycles.